The third-order valence-electron chi connectivity index (χ3n) is 5.28. The summed E-state index contributed by atoms with van der Waals surface area (Å²) in [6, 6.07) is 21.6. The van der Waals surface area contributed by atoms with Crippen LogP contribution in [0.4, 0.5) is 0 Å². The van der Waals surface area contributed by atoms with Crippen LogP contribution in [0.2, 0.25) is 0 Å². The van der Waals surface area contributed by atoms with Gasteiger partial charge in [-0.3, -0.25) is 0 Å². The molecule has 1 unspecified atom stereocenters. The van der Waals surface area contributed by atoms with Gasteiger partial charge in [0, 0.05) is 42.5 Å². The molecule has 0 saturated carbocycles. The van der Waals surface area contributed by atoms with E-state index in [4.69, 9.17) is 0 Å². The first-order valence-corrected chi connectivity index (χ1v) is 8.88. The molecule has 3 heteroatoms. The van der Waals surface area contributed by atoms with E-state index in [1.807, 2.05) is 12.4 Å². The van der Waals surface area contributed by atoms with Crippen LogP contribution in [0.1, 0.15) is 24.7 Å². The molecule has 126 valence electrons. The van der Waals surface area contributed by atoms with Crippen LogP contribution in [0.3, 0.4) is 0 Å². The van der Waals surface area contributed by atoms with Gasteiger partial charge in [-0.2, -0.15) is 0 Å². The second kappa shape index (κ2) is 6.60. The molecule has 1 atom stereocenters. The number of nitrogens with zero attached hydrogens (tertiary/aromatic N) is 2. The van der Waals surface area contributed by atoms with E-state index in [0.717, 1.165) is 25.2 Å². The Bertz CT molecular complexity index is 938. The summed E-state index contributed by atoms with van der Waals surface area (Å²) in [6.45, 7) is 3.21. The van der Waals surface area contributed by atoms with E-state index in [2.05, 4.69) is 88.3 Å². The molecule has 2 aromatic heterocycles. The molecule has 4 rings (SSSR count). The van der Waals surface area contributed by atoms with E-state index in [9.17, 15) is 0 Å². The van der Waals surface area contributed by atoms with Crippen molar-refractivity contribution >= 4 is 10.9 Å². The van der Waals surface area contributed by atoms with Gasteiger partial charge in [-0.25, -0.2) is 4.98 Å². The lowest BCUT2D eigenvalue weighted by Gasteiger charge is -2.34. The Kier molecular flexibility index (Phi) is 4.14. The van der Waals surface area contributed by atoms with E-state index in [-0.39, 0.29) is 5.41 Å². The quantitative estimate of drug-likeness (QED) is 0.533. The van der Waals surface area contributed by atoms with Crippen LogP contribution in [-0.4, -0.2) is 14.5 Å². The molecule has 0 amide bonds. The maximum Gasteiger partial charge on any atom is 0.106 e. The van der Waals surface area contributed by atoms with Crippen molar-refractivity contribution in [3.8, 4) is 0 Å². The van der Waals surface area contributed by atoms with Crippen molar-refractivity contribution in [2.75, 3.05) is 0 Å². The van der Waals surface area contributed by atoms with Crippen molar-refractivity contribution in [1.82, 2.24) is 14.5 Å². The minimum atomic E-state index is 0.000898. The molecule has 0 aliphatic carbocycles. The number of para-hydroxylation sites is 1. The van der Waals surface area contributed by atoms with Crippen LogP contribution in [0.15, 0.2) is 79.3 Å². The van der Waals surface area contributed by atoms with Crippen LogP contribution in [0, 0.1) is 0 Å². The zero-order chi connectivity index (χ0) is 17.1. The molecule has 3 nitrogen and oxygen atoms in total. The maximum atomic E-state index is 4.50. The molecule has 0 bridgehead atoms. The minimum Gasteiger partial charge on any atom is -0.349 e. The number of aromatic amines is 1. The highest BCUT2D eigenvalue weighted by atomic mass is 15.0. The predicted octanol–water partition coefficient (Wildman–Crippen LogP) is 4.96. The molecule has 0 spiro atoms. The topological polar surface area (TPSA) is 33.6 Å². The predicted molar refractivity (Wildman–Crippen MR) is 103 cm³/mol. The fourth-order valence-corrected chi connectivity index (χ4v) is 3.80. The first kappa shape index (κ1) is 15.7. The third kappa shape index (κ3) is 2.98. The number of imidazole rings is 1. The van der Waals surface area contributed by atoms with Gasteiger partial charge >= 0.3 is 0 Å². The molecule has 2 aromatic carbocycles. The fourth-order valence-electron chi connectivity index (χ4n) is 3.80. The number of nitrogens with one attached hydrogen (secondary N) is 1. The number of fused-ring (bicyclic) bond motifs is 1. The number of aromatic nitrogens is 3. The fraction of sp³-hybridized carbons (Fsp3) is 0.227. The smallest absolute Gasteiger partial charge is 0.106 e. The van der Waals surface area contributed by atoms with Crippen LogP contribution in [-0.2, 0) is 18.4 Å². The summed E-state index contributed by atoms with van der Waals surface area (Å²) in [6.07, 6.45) is 7.90. The van der Waals surface area contributed by atoms with Gasteiger partial charge in [-0.05, 0) is 29.5 Å². The SMILES string of the molecule is CCC(Cc1ncc[nH]1)(Cn1ccc2ccccc21)c1ccccc1. The van der Waals surface area contributed by atoms with Gasteiger partial charge in [0.25, 0.3) is 0 Å². The first-order chi connectivity index (χ1) is 12.3. The average Bonchev–Trinajstić information content (AvgIpc) is 3.32. The normalized spacial score (nSPS) is 13.8. The second-order valence-corrected chi connectivity index (χ2v) is 6.72. The molecule has 0 aliphatic rings. The number of H-pyrrole nitrogens is 1. The van der Waals surface area contributed by atoms with Crippen molar-refractivity contribution in [3.05, 3.63) is 90.6 Å². The van der Waals surface area contributed by atoms with Crippen molar-refractivity contribution in [2.45, 2.75) is 31.7 Å². The largest absolute Gasteiger partial charge is 0.349 e. The maximum absolute atomic E-state index is 4.50. The van der Waals surface area contributed by atoms with Crippen molar-refractivity contribution in [3.63, 3.8) is 0 Å². The number of benzene rings is 2. The lowest BCUT2D eigenvalue weighted by Crippen LogP contribution is -2.34. The van der Waals surface area contributed by atoms with Crippen LogP contribution < -0.4 is 0 Å². The van der Waals surface area contributed by atoms with Crippen LogP contribution in [0.25, 0.3) is 10.9 Å². The highest BCUT2D eigenvalue weighted by Gasteiger charge is 2.32. The van der Waals surface area contributed by atoms with E-state index in [1.54, 1.807) is 0 Å². The van der Waals surface area contributed by atoms with Gasteiger partial charge < -0.3 is 9.55 Å². The molecule has 2 heterocycles. The molecular formula is C22H23N3. The minimum absolute atomic E-state index is 0.000898. The van der Waals surface area contributed by atoms with Crippen molar-refractivity contribution < 1.29 is 0 Å². The van der Waals surface area contributed by atoms with E-state index < -0.39 is 0 Å². The standard InChI is InChI=1S/C22H23N3/c1-2-22(16-21-23-13-14-24-21,19-9-4-3-5-10-19)17-25-15-12-18-8-6-7-11-20(18)25/h3-15H,2,16-17H2,1H3,(H,23,24). The Labute approximate surface area is 148 Å². The summed E-state index contributed by atoms with van der Waals surface area (Å²) < 4.78 is 2.38. The summed E-state index contributed by atoms with van der Waals surface area (Å²) in [5.74, 6) is 1.04. The van der Waals surface area contributed by atoms with Crippen molar-refractivity contribution in [1.29, 1.82) is 0 Å². The number of rotatable bonds is 6. The Hall–Kier alpha value is -2.81. The monoisotopic (exact) mass is 329 g/mol. The van der Waals surface area contributed by atoms with Crippen molar-refractivity contribution in [2.24, 2.45) is 0 Å². The second-order valence-electron chi connectivity index (χ2n) is 6.72. The Balaban J connectivity index is 1.79. The number of hydrogen-bond donors (Lipinski definition) is 1. The molecule has 25 heavy (non-hydrogen) atoms. The molecule has 4 aromatic rings. The van der Waals surface area contributed by atoms with E-state index in [1.165, 1.54) is 16.5 Å². The molecule has 0 aliphatic heterocycles. The lowest BCUT2D eigenvalue weighted by molar-refractivity contribution is 0.345. The molecular weight excluding hydrogens is 306 g/mol. The van der Waals surface area contributed by atoms with Gasteiger partial charge in [0.2, 0.25) is 0 Å². The summed E-state index contributed by atoms with van der Waals surface area (Å²) >= 11 is 0. The average molecular weight is 329 g/mol. The number of hydrogen-bond acceptors (Lipinski definition) is 1. The molecule has 0 radical (unpaired) electrons. The van der Waals surface area contributed by atoms with Crippen LogP contribution >= 0.6 is 0 Å². The molecule has 1 N–H and O–H groups in total. The summed E-state index contributed by atoms with van der Waals surface area (Å²) in [4.78, 5) is 7.79. The van der Waals surface area contributed by atoms with Crippen LogP contribution in [0.5, 0.6) is 0 Å². The third-order valence-corrected chi connectivity index (χ3v) is 5.28. The summed E-state index contributed by atoms with van der Waals surface area (Å²) in [5, 5.41) is 1.29. The van der Waals surface area contributed by atoms with Gasteiger partial charge in [0.15, 0.2) is 0 Å². The van der Waals surface area contributed by atoms with Gasteiger partial charge in [0.1, 0.15) is 5.82 Å². The highest BCUT2D eigenvalue weighted by Crippen LogP contribution is 2.34. The van der Waals surface area contributed by atoms with Gasteiger partial charge in [0.05, 0.1) is 0 Å². The van der Waals surface area contributed by atoms with Gasteiger partial charge in [-0.1, -0.05) is 55.5 Å². The zero-order valence-electron chi connectivity index (χ0n) is 14.5. The Morgan fingerprint density at radius 2 is 1.80 bits per heavy atom. The van der Waals surface area contributed by atoms with E-state index in [0.29, 0.717) is 0 Å². The Morgan fingerprint density at radius 1 is 1.00 bits per heavy atom. The Morgan fingerprint density at radius 3 is 2.56 bits per heavy atom. The lowest BCUT2D eigenvalue weighted by atomic mass is 9.75. The highest BCUT2D eigenvalue weighted by molar-refractivity contribution is 5.79. The van der Waals surface area contributed by atoms with Gasteiger partial charge in [-0.15, -0.1) is 0 Å². The summed E-state index contributed by atoms with van der Waals surface area (Å²) in [7, 11) is 0. The zero-order valence-corrected chi connectivity index (χ0v) is 14.5. The van der Waals surface area contributed by atoms with E-state index >= 15 is 0 Å². The summed E-state index contributed by atoms with van der Waals surface area (Å²) in [5.41, 5.74) is 2.66. The molecule has 0 fully saturated rings. The molecule has 0 saturated heterocycles. The first-order valence-electron chi connectivity index (χ1n) is 8.88.